The maximum absolute atomic E-state index is 5.90. The quantitative estimate of drug-likeness (QED) is 0.728. The summed E-state index contributed by atoms with van der Waals surface area (Å²) in [4.78, 5) is 0. The van der Waals surface area contributed by atoms with Crippen molar-refractivity contribution in [3.8, 4) is 5.75 Å². The molecule has 1 aromatic carbocycles. The monoisotopic (exact) mass is 257 g/mol. The third-order valence-electron chi connectivity index (χ3n) is 2.38. The third kappa shape index (κ3) is 5.39. The Morgan fingerprint density at radius 2 is 2.06 bits per heavy atom. The Balaban J connectivity index is 2.32. The fraction of sp³-hybridized carbons (Fsp3) is 0.538. The summed E-state index contributed by atoms with van der Waals surface area (Å²) >= 11 is 5.90. The zero-order valence-electron chi connectivity index (χ0n) is 10.2. The number of hydrogen-bond donors (Lipinski definition) is 1. The Kier molecular flexibility index (Phi) is 7.01. The second kappa shape index (κ2) is 8.34. The number of ether oxygens (including phenoxy) is 2. The summed E-state index contributed by atoms with van der Waals surface area (Å²) in [5.41, 5.74) is 6.58. The Morgan fingerprint density at radius 1 is 1.24 bits per heavy atom. The average Bonchev–Trinajstić information content (AvgIpc) is 2.34. The second-order valence-corrected chi connectivity index (χ2v) is 4.21. The van der Waals surface area contributed by atoms with Gasteiger partial charge in [0, 0.05) is 23.7 Å². The molecule has 0 aromatic heterocycles. The molecule has 4 heteroatoms. The van der Waals surface area contributed by atoms with Crippen LogP contribution in [0.1, 0.15) is 25.3 Å². The van der Waals surface area contributed by atoms with Crippen LogP contribution in [0.25, 0.3) is 0 Å². The van der Waals surface area contributed by atoms with Gasteiger partial charge in [-0.15, -0.1) is 0 Å². The molecule has 0 unspecified atom stereocenters. The van der Waals surface area contributed by atoms with Crippen LogP contribution in [-0.4, -0.2) is 19.8 Å². The molecule has 96 valence electrons. The lowest BCUT2D eigenvalue weighted by Gasteiger charge is -2.11. The summed E-state index contributed by atoms with van der Waals surface area (Å²) in [5, 5.41) is 0.657. The highest BCUT2D eigenvalue weighted by Crippen LogP contribution is 2.22. The van der Waals surface area contributed by atoms with Crippen LogP contribution in [0, 0.1) is 0 Å². The first-order chi connectivity index (χ1) is 8.27. The average molecular weight is 258 g/mol. The Morgan fingerprint density at radius 3 is 2.76 bits per heavy atom. The van der Waals surface area contributed by atoms with Gasteiger partial charge in [0.15, 0.2) is 0 Å². The number of hydrogen-bond acceptors (Lipinski definition) is 3. The van der Waals surface area contributed by atoms with Crippen molar-refractivity contribution in [2.24, 2.45) is 5.73 Å². The Hall–Kier alpha value is -0.770. The predicted octanol–water partition coefficient (Wildman–Crippen LogP) is 2.99. The molecule has 0 atom stereocenters. The highest BCUT2D eigenvalue weighted by atomic mass is 35.5. The Bertz CT molecular complexity index is 331. The lowest BCUT2D eigenvalue weighted by molar-refractivity contribution is 0.0977. The third-order valence-corrected chi connectivity index (χ3v) is 2.61. The van der Waals surface area contributed by atoms with E-state index in [0.29, 0.717) is 24.8 Å². The van der Waals surface area contributed by atoms with Gasteiger partial charge >= 0.3 is 0 Å². The van der Waals surface area contributed by atoms with Crippen molar-refractivity contribution in [2.75, 3.05) is 19.8 Å². The van der Waals surface area contributed by atoms with E-state index in [1.54, 1.807) is 6.07 Å². The van der Waals surface area contributed by atoms with Crippen LogP contribution in [0.2, 0.25) is 5.02 Å². The van der Waals surface area contributed by atoms with Gasteiger partial charge in [0.1, 0.15) is 12.4 Å². The minimum atomic E-state index is 0.448. The van der Waals surface area contributed by atoms with Crippen molar-refractivity contribution in [2.45, 2.75) is 26.3 Å². The molecule has 0 spiro atoms. The van der Waals surface area contributed by atoms with Crippen molar-refractivity contribution in [3.05, 3.63) is 28.8 Å². The van der Waals surface area contributed by atoms with E-state index >= 15 is 0 Å². The van der Waals surface area contributed by atoms with E-state index in [9.17, 15) is 0 Å². The first-order valence-electron chi connectivity index (χ1n) is 5.97. The van der Waals surface area contributed by atoms with Crippen LogP contribution in [0.3, 0.4) is 0 Å². The van der Waals surface area contributed by atoms with Gasteiger partial charge < -0.3 is 15.2 Å². The van der Waals surface area contributed by atoms with Gasteiger partial charge in [-0.05, 0) is 18.6 Å². The molecule has 1 aromatic rings. The van der Waals surface area contributed by atoms with Crippen molar-refractivity contribution in [3.63, 3.8) is 0 Å². The smallest absolute Gasteiger partial charge is 0.125 e. The van der Waals surface area contributed by atoms with Gasteiger partial charge in [0.05, 0.1) is 6.61 Å². The molecule has 0 fully saturated rings. The number of nitrogens with two attached hydrogens (primary N) is 1. The first-order valence-corrected chi connectivity index (χ1v) is 6.34. The molecule has 0 aliphatic carbocycles. The summed E-state index contributed by atoms with van der Waals surface area (Å²) in [6, 6.07) is 5.49. The topological polar surface area (TPSA) is 44.5 Å². The van der Waals surface area contributed by atoms with Gasteiger partial charge in [0.2, 0.25) is 0 Å². The first kappa shape index (κ1) is 14.3. The fourth-order valence-electron chi connectivity index (χ4n) is 1.39. The van der Waals surface area contributed by atoms with E-state index in [1.807, 2.05) is 12.1 Å². The zero-order valence-corrected chi connectivity index (χ0v) is 11.0. The van der Waals surface area contributed by atoms with E-state index < -0.39 is 0 Å². The summed E-state index contributed by atoms with van der Waals surface area (Å²) in [7, 11) is 0. The Labute approximate surface area is 108 Å². The fourth-order valence-corrected chi connectivity index (χ4v) is 1.55. The molecular weight excluding hydrogens is 238 g/mol. The molecule has 0 aliphatic heterocycles. The minimum absolute atomic E-state index is 0.448. The standard InChI is InChI=1S/C13H20ClNO2/c1-2-3-6-16-7-8-17-13-9-12(14)5-4-11(13)10-15/h4-5,9H,2-3,6-8,10,15H2,1H3. The summed E-state index contributed by atoms with van der Waals surface area (Å²) in [6.07, 6.45) is 2.23. The number of rotatable bonds is 8. The van der Waals surface area contributed by atoms with Gasteiger partial charge in [-0.2, -0.15) is 0 Å². The minimum Gasteiger partial charge on any atom is -0.491 e. The van der Waals surface area contributed by atoms with Crippen LogP contribution in [0.5, 0.6) is 5.75 Å². The lowest BCUT2D eigenvalue weighted by Crippen LogP contribution is -2.09. The molecule has 17 heavy (non-hydrogen) atoms. The van der Waals surface area contributed by atoms with E-state index in [0.717, 1.165) is 30.8 Å². The zero-order chi connectivity index (χ0) is 12.5. The highest BCUT2D eigenvalue weighted by molar-refractivity contribution is 6.30. The maximum Gasteiger partial charge on any atom is 0.125 e. The number of benzene rings is 1. The van der Waals surface area contributed by atoms with Crippen molar-refractivity contribution in [1.29, 1.82) is 0 Å². The maximum atomic E-state index is 5.90. The van der Waals surface area contributed by atoms with E-state index in [1.165, 1.54) is 0 Å². The summed E-state index contributed by atoms with van der Waals surface area (Å²) < 4.78 is 11.0. The van der Waals surface area contributed by atoms with E-state index in [-0.39, 0.29) is 0 Å². The molecule has 0 heterocycles. The van der Waals surface area contributed by atoms with E-state index in [2.05, 4.69) is 6.92 Å². The predicted molar refractivity (Wildman–Crippen MR) is 70.6 cm³/mol. The van der Waals surface area contributed by atoms with Gasteiger partial charge in [-0.3, -0.25) is 0 Å². The normalized spacial score (nSPS) is 10.5. The number of halogens is 1. The molecule has 0 amide bonds. The van der Waals surface area contributed by atoms with Crippen LogP contribution in [-0.2, 0) is 11.3 Å². The molecule has 0 aliphatic rings. The SMILES string of the molecule is CCCCOCCOc1cc(Cl)ccc1CN. The largest absolute Gasteiger partial charge is 0.491 e. The molecule has 2 N–H and O–H groups in total. The lowest BCUT2D eigenvalue weighted by atomic mass is 10.2. The van der Waals surface area contributed by atoms with Crippen LogP contribution >= 0.6 is 11.6 Å². The summed E-state index contributed by atoms with van der Waals surface area (Å²) in [5.74, 6) is 0.749. The molecule has 0 bridgehead atoms. The van der Waals surface area contributed by atoms with Gasteiger partial charge in [-0.25, -0.2) is 0 Å². The highest BCUT2D eigenvalue weighted by Gasteiger charge is 2.03. The van der Waals surface area contributed by atoms with Crippen molar-refractivity contribution < 1.29 is 9.47 Å². The van der Waals surface area contributed by atoms with Gasteiger partial charge in [0.25, 0.3) is 0 Å². The van der Waals surface area contributed by atoms with Crippen LogP contribution in [0.15, 0.2) is 18.2 Å². The number of unbranched alkanes of at least 4 members (excludes halogenated alkanes) is 1. The van der Waals surface area contributed by atoms with E-state index in [4.69, 9.17) is 26.8 Å². The van der Waals surface area contributed by atoms with Gasteiger partial charge in [-0.1, -0.05) is 31.0 Å². The summed E-state index contributed by atoms with van der Waals surface area (Å²) in [6.45, 7) is 4.50. The molecular formula is C13H20ClNO2. The van der Waals surface area contributed by atoms with Crippen LogP contribution < -0.4 is 10.5 Å². The van der Waals surface area contributed by atoms with Crippen LogP contribution in [0.4, 0.5) is 0 Å². The molecule has 3 nitrogen and oxygen atoms in total. The second-order valence-electron chi connectivity index (χ2n) is 3.77. The molecule has 0 saturated carbocycles. The molecule has 0 radical (unpaired) electrons. The van der Waals surface area contributed by atoms with Crippen molar-refractivity contribution in [1.82, 2.24) is 0 Å². The molecule has 0 saturated heterocycles. The van der Waals surface area contributed by atoms with Crippen molar-refractivity contribution >= 4 is 11.6 Å². The molecule has 1 rings (SSSR count).